The van der Waals surface area contributed by atoms with Gasteiger partial charge in [0.1, 0.15) is 12.2 Å². The van der Waals surface area contributed by atoms with Crippen LogP contribution in [0.5, 0.6) is 0 Å². The summed E-state index contributed by atoms with van der Waals surface area (Å²) < 4.78 is 11.4. The van der Waals surface area contributed by atoms with Gasteiger partial charge in [-0.15, -0.1) is 0 Å². The zero-order valence-electron chi connectivity index (χ0n) is 12.4. The van der Waals surface area contributed by atoms with Crippen molar-refractivity contribution in [1.82, 2.24) is 9.47 Å². The van der Waals surface area contributed by atoms with Crippen molar-refractivity contribution >= 4 is 11.9 Å². The molecule has 21 heavy (non-hydrogen) atoms. The molecule has 1 N–H and O–H groups in total. The molecule has 0 fully saturated rings. The number of methoxy groups -OCH3 is 2. The van der Waals surface area contributed by atoms with E-state index in [1.54, 1.807) is 31.4 Å². The standard InChI is InChI=1S/C14H22N2O5/c1-20-9-4-7-15(8-10-21-2)13(17)11-16-6-3-5-12(16)14(18)19/h3,5-6H,4,7-11H2,1-2H3,(H,18,19). The van der Waals surface area contributed by atoms with Crippen LogP contribution in [-0.4, -0.2) is 67.0 Å². The molecule has 0 aliphatic heterocycles. The third-order valence-electron chi connectivity index (χ3n) is 3.05. The number of carbonyl (C=O) groups excluding carboxylic acids is 1. The van der Waals surface area contributed by atoms with Crippen LogP contribution >= 0.6 is 0 Å². The van der Waals surface area contributed by atoms with Gasteiger partial charge in [-0.2, -0.15) is 0 Å². The van der Waals surface area contributed by atoms with Gasteiger partial charge in [0, 0.05) is 40.1 Å². The van der Waals surface area contributed by atoms with Gasteiger partial charge < -0.3 is 24.0 Å². The largest absolute Gasteiger partial charge is 0.477 e. The van der Waals surface area contributed by atoms with Gasteiger partial charge in [0.15, 0.2) is 0 Å². The second-order valence-corrected chi connectivity index (χ2v) is 4.55. The van der Waals surface area contributed by atoms with Gasteiger partial charge in [-0.25, -0.2) is 4.79 Å². The van der Waals surface area contributed by atoms with Crippen LogP contribution in [0, 0.1) is 0 Å². The van der Waals surface area contributed by atoms with Crippen LogP contribution in [0.25, 0.3) is 0 Å². The average molecular weight is 298 g/mol. The highest BCUT2D eigenvalue weighted by Gasteiger charge is 2.16. The highest BCUT2D eigenvalue weighted by Crippen LogP contribution is 2.04. The first-order valence-electron chi connectivity index (χ1n) is 6.74. The molecule has 0 spiro atoms. The molecule has 118 valence electrons. The van der Waals surface area contributed by atoms with Crippen LogP contribution < -0.4 is 0 Å². The van der Waals surface area contributed by atoms with E-state index in [4.69, 9.17) is 14.6 Å². The number of nitrogens with zero attached hydrogens (tertiary/aromatic N) is 2. The van der Waals surface area contributed by atoms with Gasteiger partial charge in [0.2, 0.25) is 5.91 Å². The Morgan fingerprint density at radius 2 is 1.95 bits per heavy atom. The molecule has 0 saturated carbocycles. The third-order valence-corrected chi connectivity index (χ3v) is 3.05. The Kier molecular flexibility index (Phi) is 7.49. The first-order valence-corrected chi connectivity index (χ1v) is 6.74. The Morgan fingerprint density at radius 3 is 2.57 bits per heavy atom. The maximum Gasteiger partial charge on any atom is 0.352 e. The van der Waals surface area contributed by atoms with Gasteiger partial charge in [0.05, 0.1) is 6.61 Å². The third kappa shape index (κ3) is 5.57. The van der Waals surface area contributed by atoms with Crippen LogP contribution in [-0.2, 0) is 20.8 Å². The summed E-state index contributed by atoms with van der Waals surface area (Å²) >= 11 is 0. The van der Waals surface area contributed by atoms with Crippen molar-refractivity contribution in [2.45, 2.75) is 13.0 Å². The monoisotopic (exact) mass is 298 g/mol. The van der Waals surface area contributed by atoms with Crippen LogP contribution in [0.15, 0.2) is 18.3 Å². The molecule has 0 atom stereocenters. The highest BCUT2D eigenvalue weighted by atomic mass is 16.5. The minimum atomic E-state index is -1.05. The molecule has 7 heteroatoms. The molecule has 1 aromatic heterocycles. The number of ether oxygens (including phenoxy) is 2. The van der Waals surface area contributed by atoms with E-state index in [0.717, 1.165) is 6.42 Å². The first-order chi connectivity index (χ1) is 10.1. The number of rotatable bonds is 10. The SMILES string of the molecule is COCCCN(CCOC)C(=O)Cn1cccc1C(=O)O. The number of carbonyl (C=O) groups is 2. The van der Waals surface area contributed by atoms with Gasteiger partial charge >= 0.3 is 5.97 Å². The van der Waals surface area contributed by atoms with Crippen molar-refractivity contribution in [3.63, 3.8) is 0 Å². The van der Waals surface area contributed by atoms with E-state index in [-0.39, 0.29) is 18.1 Å². The van der Waals surface area contributed by atoms with E-state index < -0.39 is 5.97 Å². The van der Waals surface area contributed by atoms with Crippen molar-refractivity contribution in [2.24, 2.45) is 0 Å². The fraction of sp³-hybridized carbons (Fsp3) is 0.571. The molecule has 0 unspecified atom stereocenters. The first kappa shape index (κ1) is 17.2. The lowest BCUT2D eigenvalue weighted by atomic mass is 10.3. The molecule has 1 amide bonds. The maximum atomic E-state index is 12.3. The van der Waals surface area contributed by atoms with E-state index in [1.807, 2.05) is 0 Å². The van der Waals surface area contributed by atoms with Gasteiger partial charge in [-0.1, -0.05) is 0 Å². The molecule has 1 heterocycles. The predicted octanol–water partition coefficient (Wildman–Crippen LogP) is 0.698. The topological polar surface area (TPSA) is 81.0 Å². The van der Waals surface area contributed by atoms with E-state index in [2.05, 4.69) is 0 Å². The fourth-order valence-electron chi connectivity index (χ4n) is 1.95. The normalized spacial score (nSPS) is 10.6. The maximum absolute atomic E-state index is 12.3. The molecule has 0 aliphatic carbocycles. The summed E-state index contributed by atoms with van der Waals surface area (Å²) in [5, 5.41) is 9.04. The van der Waals surface area contributed by atoms with Crippen LogP contribution in [0.4, 0.5) is 0 Å². The lowest BCUT2D eigenvalue weighted by Crippen LogP contribution is -2.37. The van der Waals surface area contributed by atoms with Crippen molar-refractivity contribution < 1.29 is 24.2 Å². The van der Waals surface area contributed by atoms with E-state index in [1.165, 1.54) is 10.6 Å². The van der Waals surface area contributed by atoms with E-state index in [9.17, 15) is 9.59 Å². The molecule has 7 nitrogen and oxygen atoms in total. The number of aromatic nitrogens is 1. The second kappa shape index (κ2) is 9.15. The Morgan fingerprint density at radius 1 is 1.24 bits per heavy atom. The minimum absolute atomic E-state index is 0.00529. The number of hydrogen-bond donors (Lipinski definition) is 1. The quantitative estimate of drug-likeness (QED) is 0.643. The number of aromatic carboxylic acids is 1. The molecule has 1 aromatic rings. The summed E-state index contributed by atoms with van der Waals surface area (Å²) in [5.41, 5.74) is 0.104. The summed E-state index contributed by atoms with van der Waals surface area (Å²) in [6.07, 6.45) is 2.31. The summed E-state index contributed by atoms with van der Waals surface area (Å²) in [6.45, 7) is 2.05. The molecule has 0 radical (unpaired) electrons. The summed E-state index contributed by atoms with van der Waals surface area (Å²) in [6, 6.07) is 3.08. The predicted molar refractivity (Wildman–Crippen MR) is 76.3 cm³/mol. The smallest absolute Gasteiger partial charge is 0.352 e. The van der Waals surface area contributed by atoms with Crippen molar-refractivity contribution in [3.8, 4) is 0 Å². The Bertz CT molecular complexity index is 458. The molecule has 0 aliphatic rings. The number of amides is 1. The van der Waals surface area contributed by atoms with Gasteiger partial charge in [0.25, 0.3) is 0 Å². The zero-order valence-corrected chi connectivity index (χ0v) is 12.4. The van der Waals surface area contributed by atoms with Crippen molar-refractivity contribution in [1.29, 1.82) is 0 Å². The Hall–Kier alpha value is -1.86. The highest BCUT2D eigenvalue weighted by molar-refractivity contribution is 5.86. The molecular formula is C14H22N2O5. The minimum Gasteiger partial charge on any atom is -0.477 e. The summed E-state index contributed by atoms with van der Waals surface area (Å²) in [7, 11) is 3.19. The Balaban J connectivity index is 2.65. The van der Waals surface area contributed by atoms with E-state index in [0.29, 0.717) is 26.3 Å². The average Bonchev–Trinajstić information content (AvgIpc) is 2.90. The van der Waals surface area contributed by atoms with Crippen LogP contribution in [0.3, 0.4) is 0 Å². The molecule has 0 saturated heterocycles. The number of carboxylic acid groups (broad SMARTS) is 1. The molecule has 0 bridgehead atoms. The number of carboxylic acids is 1. The van der Waals surface area contributed by atoms with Gasteiger partial charge in [-0.05, 0) is 18.6 Å². The van der Waals surface area contributed by atoms with Gasteiger partial charge in [-0.3, -0.25) is 4.79 Å². The lowest BCUT2D eigenvalue weighted by Gasteiger charge is -2.23. The van der Waals surface area contributed by atoms with Crippen LogP contribution in [0.1, 0.15) is 16.9 Å². The van der Waals surface area contributed by atoms with Crippen LogP contribution in [0.2, 0.25) is 0 Å². The second-order valence-electron chi connectivity index (χ2n) is 4.55. The lowest BCUT2D eigenvalue weighted by molar-refractivity contribution is -0.132. The van der Waals surface area contributed by atoms with Crippen molar-refractivity contribution in [3.05, 3.63) is 24.0 Å². The summed E-state index contributed by atoms with van der Waals surface area (Å²) in [5.74, 6) is -1.18. The zero-order chi connectivity index (χ0) is 15.7. The van der Waals surface area contributed by atoms with E-state index >= 15 is 0 Å². The Labute approximate surface area is 124 Å². The fourth-order valence-corrected chi connectivity index (χ4v) is 1.95. The molecular weight excluding hydrogens is 276 g/mol. The summed E-state index contributed by atoms with van der Waals surface area (Å²) in [4.78, 5) is 25.0. The molecule has 1 rings (SSSR count). The number of hydrogen-bond acceptors (Lipinski definition) is 4. The van der Waals surface area contributed by atoms with Crippen molar-refractivity contribution in [2.75, 3.05) is 40.5 Å². The molecule has 0 aromatic carbocycles.